The van der Waals surface area contributed by atoms with E-state index >= 15 is 0 Å². The van der Waals surface area contributed by atoms with Crippen molar-refractivity contribution in [3.63, 3.8) is 0 Å². The van der Waals surface area contributed by atoms with Gasteiger partial charge in [0.2, 0.25) is 0 Å². The van der Waals surface area contributed by atoms with Crippen LogP contribution in [0.5, 0.6) is 0 Å². The van der Waals surface area contributed by atoms with E-state index in [1.165, 1.54) is 55.6 Å². The zero-order chi connectivity index (χ0) is 35.2. The van der Waals surface area contributed by atoms with Crippen molar-refractivity contribution in [2.45, 2.75) is 54.3 Å². The van der Waals surface area contributed by atoms with Crippen molar-refractivity contribution in [1.29, 1.82) is 0 Å². The van der Waals surface area contributed by atoms with E-state index in [-0.39, 0.29) is 20.9 Å². The quantitative estimate of drug-likeness (QED) is 0.149. The lowest BCUT2D eigenvalue weighted by Gasteiger charge is -2.43. The van der Waals surface area contributed by atoms with Crippen molar-refractivity contribution < 1.29 is 53.7 Å². The van der Waals surface area contributed by atoms with E-state index in [4.69, 9.17) is 27.3 Å². The zero-order valence-electron chi connectivity index (χ0n) is 26.7. The van der Waals surface area contributed by atoms with Gasteiger partial charge >= 0.3 is 11.9 Å². The standard InChI is InChI=1S/C35H34O12S2/c1-23-14-18-27(19-15-23)48(38,39)43-22-29-30(47-49(40,41)28-20-16-24(2)17-21-28)31(45-33(36)25-10-6-4-7-11-25)32(35(42-3)44-29)46-34(37)26-12-8-5-9-13-26/h4-21,29-32,35H,22H2,1-3H3/t29?,30-,31+,32-,35?/m1/s1. The average Bonchev–Trinajstić information content (AvgIpc) is 3.10. The van der Waals surface area contributed by atoms with Crippen LogP contribution in [0.15, 0.2) is 119 Å². The van der Waals surface area contributed by atoms with Crippen LogP contribution in [-0.2, 0) is 47.5 Å². The monoisotopic (exact) mass is 710 g/mol. The van der Waals surface area contributed by atoms with Gasteiger partial charge in [-0.1, -0.05) is 71.8 Å². The molecule has 5 rings (SSSR count). The fourth-order valence-corrected chi connectivity index (χ4v) is 6.97. The van der Waals surface area contributed by atoms with Gasteiger partial charge in [0.25, 0.3) is 20.2 Å². The van der Waals surface area contributed by atoms with Gasteiger partial charge in [-0.2, -0.15) is 16.8 Å². The zero-order valence-corrected chi connectivity index (χ0v) is 28.3. The molecule has 1 aliphatic rings. The Kier molecular flexibility index (Phi) is 11.3. The summed E-state index contributed by atoms with van der Waals surface area (Å²) in [5.74, 6) is -1.79. The summed E-state index contributed by atoms with van der Waals surface area (Å²) in [4.78, 5) is 26.4. The topological polar surface area (TPSA) is 158 Å². The maximum atomic E-state index is 13.7. The molecule has 0 bridgehead atoms. The lowest BCUT2D eigenvalue weighted by atomic mass is 9.98. The predicted octanol–water partition coefficient (Wildman–Crippen LogP) is 4.61. The lowest BCUT2D eigenvalue weighted by molar-refractivity contribution is -0.286. The van der Waals surface area contributed by atoms with Gasteiger partial charge in [-0.3, -0.25) is 8.37 Å². The third-order valence-electron chi connectivity index (χ3n) is 7.57. The fraction of sp³-hybridized carbons (Fsp3) is 0.257. The Morgan fingerprint density at radius 1 is 0.612 bits per heavy atom. The van der Waals surface area contributed by atoms with E-state index in [2.05, 4.69) is 0 Å². The summed E-state index contributed by atoms with van der Waals surface area (Å²) >= 11 is 0. The molecule has 0 radical (unpaired) electrons. The molecule has 12 nitrogen and oxygen atoms in total. The van der Waals surface area contributed by atoms with Crippen LogP contribution >= 0.6 is 0 Å². The van der Waals surface area contributed by atoms with E-state index in [1.54, 1.807) is 74.5 Å². The summed E-state index contributed by atoms with van der Waals surface area (Å²) in [5.41, 5.74) is 1.81. The molecule has 1 saturated heterocycles. The molecule has 4 aromatic carbocycles. The predicted molar refractivity (Wildman–Crippen MR) is 175 cm³/mol. The van der Waals surface area contributed by atoms with Crippen LogP contribution in [0.3, 0.4) is 0 Å². The Balaban J connectivity index is 1.56. The first-order valence-electron chi connectivity index (χ1n) is 15.0. The van der Waals surface area contributed by atoms with Crippen molar-refractivity contribution in [3.05, 3.63) is 131 Å². The first kappa shape index (κ1) is 35.9. The molecular weight excluding hydrogens is 677 g/mol. The van der Waals surface area contributed by atoms with E-state index in [1.807, 2.05) is 0 Å². The third kappa shape index (κ3) is 8.78. The summed E-state index contributed by atoms with van der Waals surface area (Å²) in [5, 5.41) is 0. The second-order valence-corrected chi connectivity index (χ2v) is 14.3. The van der Waals surface area contributed by atoms with E-state index in [0.29, 0.717) is 0 Å². The molecule has 1 fully saturated rings. The fourth-order valence-electron chi connectivity index (χ4n) is 4.95. The van der Waals surface area contributed by atoms with Crippen LogP contribution in [0.1, 0.15) is 31.8 Å². The smallest absolute Gasteiger partial charge is 0.338 e. The van der Waals surface area contributed by atoms with Gasteiger partial charge in [0, 0.05) is 7.11 Å². The second kappa shape index (κ2) is 15.4. The molecule has 0 N–H and O–H groups in total. The Morgan fingerprint density at radius 3 is 1.53 bits per heavy atom. The van der Waals surface area contributed by atoms with E-state index < -0.39 is 69.5 Å². The maximum Gasteiger partial charge on any atom is 0.338 e. The summed E-state index contributed by atoms with van der Waals surface area (Å²) in [6.07, 6.45) is -8.21. The van der Waals surface area contributed by atoms with Crippen molar-refractivity contribution >= 4 is 32.2 Å². The molecule has 0 amide bonds. The molecule has 2 unspecified atom stereocenters. The van der Waals surface area contributed by atoms with Crippen molar-refractivity contribution in [3.8, 4) is 0 Å². The minimum atomic E-state index is -4.64. The Hall–Kier alpha value is -4.44. The van der Waals surface area contributed by atoms with Gasteiger partial charge in [-0.25, -0.2) is 9.59 Å². The van der Waals surface area contributed by atoms with Gasteiger partial charge in [-0.05, 0) is 62.4 Å². The molecule has 14 heteroatoms. The summed E-state index contributed by atoms with van der Waals surface area (Å²) in [7, 11) is -7.82. The molecule has 1 aliphatic heterocycles. The number of carbonyl (C=O) groups is 2. The van der Waals surface area contributed by atoms with E-state index in [9.17, 15) is 26.4 Å². The summed E-state index contributed by atoms with van der Waals surface area (Å²) < 4.78 is 87.9. The highest BCUT2D eigenvalue weighted by Crippen LogP contribution is 2.33. The van der Waals surface area contributed by atoms with Crippen LogP contribution in [-0.4, -0.2) is 73.2 Å². The molecule has 4 aromatic rings. The van der Waals surface area contributed by atoms with Crippen molar-refractivity contribution in [2.24, 2.45) is 0 Å². The number of methoxy groups -OCH3 is 1. The number of aryl methyl sites for hydroxylation is 2. The normalized spacial score (nSPS) is 21.1. The minimum absolute atomic E-state index is 0.0889. The summed E-state index contributed by atoms with van der Waals surface area (Å²) in [6.45, 7) is 2.75. The largest absolute Gasteiger partial charge is 0.452 e. The van der Waals surface area contributed by atoms with Gasteiger partial charge < -0.3 is 18.9 Å². The number of rotatable bonds is 12. The number of hydrogen-bond donors (Lipinski definition) is 0. The Labute approximate surface area is 284 Å². The number of ether oxygens (including phenoxy) is 4. The molecule has 49 heavy (non-hydrogen) atoms. The van der Waals surface area contributed by atoms with Crippen molar-refractivity contribution in [2.75, 3.05) is 13.7 Å². The van der Waals surface area contributed by atoms with Crippen LogP contribution in [0.25, 0.3) is 0 Å². The third-order valence-corrected chi connectivity index (χ3v) is 10.2. The number of carbonyl (C=O) groups excluding carboxylic acids is 2. The van der Waals surface area contributed by atoms with Crippen LogP contribution in [0, 0.1) is 13.8 Å². The van der Waals surface area contributed by atoms with Gasteiger partial charge in [-0.15, -0.1) is 0 Å². The minimum Gasteiger partial charge on any atom is -0.452 e. The SMILES string of the molecule is COC1OC(COS(=O)(=O)c2ccc(C)cc2)[C@@H](OS(=O)(=O)c2ccc(C)cc2)[C@H](OC(=O)c2ccccc2)[C@H]1OC(=O)c1ccccc1. The molecule has 1 heterocycles. The molecule has 258 valence electrons. The van der Waals surface area contributed by atoms with Crippen LogP contribution in [0.4, 0.5) is 0 Å². The average molecular weight is 711 g/mol. The molecule has 0 aliphatic carbocycles. The van der Waals surface area contributed by atoms with Crippen LogP contribution < -0.4 is 0 Å². The van der Waals surface area contributed by atoms with Gasteiger partial charge in [0.05, 0.1) is 27.5 Å². The highest BCUT2D eigenvalue weighted by atomic mass is 32.2. The van der Waals surface area contributed by atoms with Gasteiger partial charge in [0.1, 0.15) is 12.2 Å². The molecule has 0 aromatic heterocycles. The second-order valence-electron chi connectivity index (χ2n) is 11.1. The van der Waals surface area contributed by atoms with Crippen LogP contribution in [0.2, 0.25) is 0 Å². The molecule has 5 atom stereocenters. The first-order chi connectivity index (χ1) is 23.4. The molecule has 0 spiro atoms. The lowest BCUT2D eigenvalue weighted by Crippen LogP contribution is -2.63. The Morgan fingerprint density at radius 2 is 1.06 bits per heavy atom. The summed E-state index contributed by atoms with van der Waals surface area (Å²) in [6, 6.07) is 27.3. The number of hydrogen-bond acceptors (Lipinski definition) is 12. The first-order valence-corrected chi connectivity index (χ1v) is 17.9. The Bertz CT molecular complexity index is 1950. The van der Waals surface area contributed by atoms with Crippen molar-refractivity contribution in [1.82, 2.24) is 0 Å². The number of esters is 2. The number of benzene rings is 4. The highest BCUT2D eigenvalue weighted by molar-refractivity contribution is 7.87. The maximum absolute atomic E-state index is 13.7. The molecule has 0 saturated carbocycles. The molecular formula is C35H34O12S2. The van der Waals surface area contributed by atoms with Gasteiger partial charge in [0.15, 0.2) is 18.5 Å². The highest BCUT2D eigenvalue weighted by Gasteiger charge is 2.53. The van der Waals surface area contributed by atoms with E-state index in [0.717, 1.165) is 11.1 Å².